The number of amides is 3. The van der Waals surface area contributed by atoms with Gasteiger partial charge >= 0.3 is 6.03 Å². The van der Waals surface area contributed by atoms with Crippen molar-refractivity contribution in [1.82, 2.24) is 16.0 Å². The number of urea groups is 1. The summed E-state index contributed by atoms with van der Waals surface area (Å²) in [6.07, 6.45) is 6.44. The van der Waals surface area contributed by atoms with Crippen LogP contribution >= 0.6 is 0 Å². The highest BCUT2D eigenvalue weighted by Gasteiger charge is 2.42. The lowest BCUT2D eigenvalue weighted by Gasteiger charge is -2.17. The Morgan fingerprint density at radius 2 is 1.90 bits per heavy atom. The van der Waals surface area contributed by atoms with Crippen LogP contribution in [0.4, 0.5) is 4.79 Å². The summed E-state index contributed by atoms with van der Waals surface area (Å²) in [4.78, 5) is 23.5. The van der Waals surface area contributed by atoms with Gasteiger partial charge in [-0.3, -0.25) is 4.79 Å². The normalized spacial score (nSPS) is 17.6. The maximum absolute atomic E-state index is 11.9. The molecule has 6 heteroatoms. The van der Waals surface area contributed by atoms with Crippen molar-refractivity contribution in [1.29, 1.82) is 0 Å². The van der Waals surface area contributed by atoms with Crippen molar-refractivity contribution in [2.45, 2.75) is 38.3 Å². The third-order valence-corrected chi connectivity index (χ3v) is 4.00. The number of nitrogens with one attached hydrogen (secondary N) is 3. The molecule has 0 aromatic carbocycles. The highest BCUT2D eigenvalue weighted by atomic mass is 16.3. The van der Waals surface area contributed by atoms with E-state index in [1.54, 1.807) is 18.4 Å². The van der Waals surface area contributed by atoms with Gasteiger partial charge in [-0.1, -0.05) is 0 Å². The van der Waals surface area contributed by atoms with E-state index >= 15 is 0 Å². The predicted octanol–water partition coefficient (Wildman–Crippen LogP) is 1.38. The van der Waals surface area contributed by atoms with E-state index < -0.39 is 0 Å². The van der Waals surface area contributed by atoms with Crippen molar-refractivity contribution in [2.75, 3.05) is 6.54 Å². The molecule has 0 spiro atoms. The van der Waals surface area contributed by atoms with E-state index in [1.807, 2.05) is 0 Å². The summed E-state index contributed by atoms with van der Waals surface area (Å²) in [5.41, 5.74) is 0. The highest BCUT2D eigenvalue weighted by Crippen LogP contribution is 2.44. The molecular weight excluding hydrogens is 270 g/mol. The van der Waals surface area contributed by atoms with Gasteiger partial charge in [-0.2, -0.15) is 0 Å². The number of hydrogen-bond donors (Lipinski definition) is 3. The lowest BCUT2D eigenvalue weighted by molar-refractivity contribution is -0.121. The maximum Gasteiger partial charge on any atom is 0.315 e. The number of rotatable bonds is 7. The van der Waals surface area contributed by atoms with Crippen molar-refractivity contribution in [3.05, 3.63) is 24.2 Å². The Kier molecular flexibility index (Phi) is 4.13. The lowest BCUT2D eigenvalue weighted by atomic mass is 10.1. The van der Waals surface area contributed by atoms with Gasteiger partial charge in [0, 0.05) is 6.04 Å². The molecule has 0 saturated heterocycles. The standard InChI is InChI=1S/C15H21N3O3/c19-13(18-14(10-3-4-10)11-5-6-11)9-17-15(20)16-8-12-2-1-7-21-12/h1-2,7,10-11,14H,3-6,8-9H2,(H,18,19)(H2,16,17,20). The van der Waals surface area contributed by atoms with Crippen molar-refractivity contribution in [3.8, 4) is 0 Å². The minimum atomic E-state index is -0.365. The molecule has 6 nitrogen and oxygen atoms in total. The van der Waals surface area contributed by atoms with Gasteiger partial charge in [0.25, 0.3) is 0 Å². The molecule has 2 aliphatic rings. The Labute approximate surface area is 123 Å². The van der Waals surface area contributed by atoms with Crippen molar-refractivity contribution in [3.63, 3.8) is 0 Å². The second-order valence-corrected chi connectivity index (χ2v) is 5.88. The summed E-state index contributed by atoms with van der Waals surface area (Å²) < 4.78 is 5.11. The van der Waals surface area contributed by atoms with E-state index in [1.165, 1.54) is 25.7 Å². The van der Waals surface area contributed by atoms with Gasteiger partial charge in [-0.05, 0) is 49.7 Å². The van der Waals surface area contributed by atoms with Crippen LogP contribution in [-0.2, 0) is 11.3 Å². The molecule has 0 radical (unpaired) electrons. The fraction of sp³-hybridized carbons (Fsp3) is 0.600. The van der Waals surface area contributed by atoms with E-state index in [2.05, 4.69) is 16.0 Å². The number of carbonyl (C=O) groups excluding carboxylic acids is 2. The first-order chi connectivity index (χ1) is 10.2. The zero-order valence-electron chi connectivity index (χ0n) is 11.9. The van der Waals surface area contributed by atoms with E-state index in [9.17, 15) is 9.59 Å². The van der Waals surface area contributed by atoms with Gasteiger partial charge in [0.05, 0.1) is 19.4 Å². The van der Waals surface area contributed by atoms with Crippen LogP contribution in [0.15, 0.2) is 22.8 Å². The number of hydrogen-bond acceptors (Lipinski definition) is 3. The van der Waals surface area contributed by atoms with Crippen LogP contribution in [-0.4, -0.2) is 24.5 Å². The van der Waals surface area contributed by atoms with Crippen LogP contribution in [0.5, 0.6) is 0 Å². The molecule has 1 aromatic heterocycles. The molecule has 3 rings (SSSR count). The number of furan rings is 1. The molecule has 3 amide bonds. The third-order valence-electron chi connectivity index (χ3n) is 4.00. The zero-order chi connectivity index (χ0) is 14.7. The summed E-state index contributed by atoms with van der Waals surface area (Å²) >= 11 is 0. The van der Waals surface area contributed by atoms with Crippen LogP contribution in [0, 0.1) is 11.8 Å². The summed E-state index contributed by atoms with van der Waals surface area (Å²) in [6, 6.07) is 3.50. The SMILES string of the molecule is O=C(CNC(=O)NCc1ccco1)NC(C1CC1)C1CC1. The maximum atomic E-state index is 11.9. The van der Waals surface area contributed by atoms with Gasteiger partial charge in [0.2, 0.25) is 5.91 Å². The van der Waals surface area contributed by atoms with Gasteiger partial charge in [-0.25, -0.2) is 4.79 Å². The first kappa shape index (κ1) is 14.0. The average molecular weight is 291 g/mol. The van der Waals surface area contributed by atoms with Gasteiger partial charge in [0.15, 0.2) is 0 Å². The van der Waals surface area contributed by atoms with E-state index in [4.69, 9.17) is 4.42 Å². The predicted molar refractivity (Wildman–Crippen MR) is 76.3 cm³/mol. The van der Waals surface area contributed by atoms with Crippen LogP contribution < -0.4 is 16.0 Å². The molecule has 1 heterocycles. The molecule has 0 unspecified atom stereocenters. The first-order valence-corrected chi connectivity index (χ1v) is 7.56. The number of carbonyl (C=O) groups is 2. The molecule has 114 valence electrons. The third kappa shape index (κ3) is 4.24. The Morgan fingerprint density at radius 3 is 2.48 bits per heavy atom. The Balaban J connectivity index is 1.34. The monoisotopic (exact) mass is 291 g/mol. The summed E-state index contributed by atoms with van der Waals surface area (Å²) in [7, 11) is 0. The molecular formula is C15H21N3O3. The second kappa shape index (κ2) is 6.20. The summed E-state index contributed by atoms with van der Waals surface area (Å²) in [6.45, 7) is 0.327. The minimum absolute atomic E-state index is 0.0138. The molecule has 3 N–H and O–H groups in total. The molecule has 2 fully saturated rings. The smallest absolute Gasteiger partial charge is 0.315 e. The van der Waals surface area contributed by atoms with Crippen molar-refractivity contribution in [2.24, 2.45) is 11.8 Å². The fourth-order valence-corrected chi connectivity index (χ4v) is 2.57. The molecule has 0 bridgehead atoms. The minimum Gasteiger partial charge on any atom is -0.467 e. The van der Waals surface area contributed by atoms with Crippen molar-refractivity contribution < 1.29 is 14.0 Å². The molecule has 21 heavy (non-hydrogen) atoms. The summed E-state index contributed by atoms with van der Waals surface area (Å²) in [5.74, 6) is 1.90. The Morgan fingerprint density at radius 1 is 1.19 bits per heavy atom. The second-order valence-electron chi connectivity index (χ2n) is 5.88. The zero-order valence-corrected chi connectivity index (χ0v) is 11.9. The van der Waals surface area contributed by atoms with E-state index in [0.29, 0.717) is 30.2 Å². The molecule has 2 aliphatic carbocycles. The summed E-state index contributed by atoms with van der Waals surface area (Å²) in [5, 5.41) is 8.27. The van der Waals surface area contributed by atoms with Crippen LogP contribution in [0.2, 0.25) is 0 Å². The van der Waals surface area contributed by atoms with E-state index in [0.717, 1.165) is 0 Å². The lowest BCUT2D eigenvalue weighted by Crippen LogP contribution is -2.46. The van der Waals surface area contributed by atoms with Gasteiger partial charge in [0.1, 0.15) is 5.76 Å². The molecule has 0 aliphatic heterocycles. The van der Waals surface area contributed by atoms with Gasteiger partial charge < -0.3 is 20.4 Å². The van der Waals surface area contributed by atoms with Crippen LogP contribution in [0.1, 0.15) is 31.4 Å². The average Bonchev–Trinajstić information content (AvgIpc) is 3.40. The molecule has 2 saturated carbocycles. The van der Waals surface area contributed by atoms with Crippen LogP contribution in [0.3, 0.4) is 0 Å². The van der Waals surface area contributed by atoms with Crippen LogP contribution in [0.25, 0.3) is 0 Å². The molecule has 1 aromatic rings. The molecule has 0 atom stereocenters. The Bertz CT molecular complexity index is 480. The first-order valence-electron chi connectivity index (χ1n) is 7.56. The quantitative estimate of drug-likeness (QED) is 0.709. The topological polar surface area (TPSA) is 83.4 Å². The van der Waals surface area contributed by atoms with E-state index in [-0.39, 0.29) is 18.5 Å². The van der Waals surface area contributed by atoms with Gasteiger partial charge in [-0.15, -0.1) is 0 Å². The fourth-order valence-electron chi connectivity index (χ4n) is 2.57. The Hall–Kier alpha value is -1.98. The van der Waals surface area contributed by atoms with Crippen molar-refractivity contribution >= 4 is 11.9 Å². The highest BCUT2D eigenvalue weighted by molar-refractivity contribution is 5.84. The largest absolute Gasteiger partial charge is 0.467 e.